The van der Waals surface area contributed by atoms with Gasteiger partial charge in [0.15, 0.2) is 0 Å². The molecular formula is C25H24N2O4. The Balaban J connectivity index is 2.11. The number of benzene rings is 3. The third kappa shape index (κ3) is 4.98. The first-order chi connectivity index (χ1) is 14.9. The first-order valence-electron chi connectivity index (χ1n) is 9.90. The molecule has 4 N–H and O–H groups in total. The molecule has 3 rings (SSSR count). The zero-order valence-corrected chi connectivity index (χ0v) is 16.9. The molecule has 0 fully saturated rings. The maximum atomic E-state index is 13.2. The number of rotatable bonds is 9. The molecule has 2 amide bonds. The fraction of sp³-hybridized carbons (Fsp3) is 0.160. The standard InChI is InChI=1S/C25H24N2O4/c26-24(31)21(16-23(29)30)27-22(28)17-25(18-10-4-1-5-11-18,19-12-6-2-7-13-19)20-14-8-3-9-15-20/h1-15,21H,16-17H2,(H2,26,31)(H,27,28)(H,29,30)/t21-/m0/s1. The van der Waals surface area contributed by atoms with Gasteiger partial charge < -0.3 is 16.2 Å². The van der Waals surface area contributed by atoms with Crippen molar-refractivity contribution in [1.29, 1.82) is 0 Å². The summed E-state index contributed by atoms with van der Waals surface area (Å²) >= 11 is 0. The van der Waals surface area contributed by atoms with Gasteiger partial charge in [0.05, 0.1) is 11.8 Å². The van der Waals surface area contributed by atoms with E-state index in [0.717, 1.165) is 16.7 Å². The highest BCUT2D eigenvalue weighted by Gasteiger charge is 2.39. The number of amides is 2. The minimum atomic E-state index is -1.29. The monoisotopic (exact) mass is 416 g/mol. The molecule has 158 valence electrons. The second-order valence-corrected chi connectivity index (χ2v) is 7.30. The molecule has 0 bridgehead atoms. The molecule has 0 unspecified atom stereocenters. The summed E-state index contributed by atoms with van der Waals surface area (Å²) in [5, 5.41) is 11.6. The second-order valence-electron chi connectivity index (χ2n) is 7.30. The number of carbonyl (C=O) groups excluding carboxylic acids is 2. The molecule has 0 saturated heterocycles. The largest absolute Gasteiger partial charge is 0.481 e. The van der Waals surface area contributed by atoms with E-state index in [-0.39, 0.29) is 6.42 Å². The Morgan fingerprint density at radius 2 is 1.16 bits per heavy atom. The number of nitrogens with two attached hydrogens (primary N) is 1. The summed E-state index contributed by atoms with van der Waals surface area (Å²) < 4.78 is 0. The van der Waals surface area contributed by atoms with Gasteiger partial charge in [0.1, 0.15) is 6.04 Å². The maximum Gasteiger partial charge on any atom is 0.305 e. The second kappa shape index (κ2) is 9.71. The van der Waals surface area contributed by atoms with Gasteiger partial charge in [-0.2, -0.15) is 0 Å². The first-order valence-corrected chi connectivity index (χ1v) is 9.90. The van der Waals surface area contributed by atoms with Crippen LogP contribution in [0.25, 0.3) is 0 Å². The summed E-state index contributed by atoms with van der Waals surface area (Å²) in [6, 6.07) is 27.6. The minimum Gasteiger partial charge on any atom is -0.481 e. The fourth-order valence-corrected chi connectivity index (χ4v) is 3.86. The lowest BCUT2D eigenvalue weighted by Gasteiger charge is -2.36. The fourth-order valence-electron chi connectivity index (χ4n) is 3.86. The molecule has 0 spiro atoms. The minimum absolute atomic E-state index is 0.0333. The highest BCUT2D eigenvalue weighted by Crippen LogP contribution is 2.42. The lowest BCUT2D eigenvalue weighted by molar-refractivity contribution is -0.140. The predicted octanol–water partition coefficient (Wildman–Crippen LogP) is 2.86. The molecule has 0 aromatic heterocycles. The number of hydrogen-bond donors (Lipinski definition) is 3. The summed E-state index contributed by atoms with van der Waals surface area (Å²) in [4.78, 5) is 35.9. The molecule has 0 aliphatic carbocycles. The molecule has 3 aromatic carbocycles. The normalized spacial score (nSPS) is 12.0. The molecule has 31 heavy (non-hydrogen) atoms. The third-order valence-corrected chi connectivity index (χ3v) is 5.28. The van der Waals surface area contributed by atoms with Gasteiger partial charge in [-0.3, -0.25) is 14.4 Å². The molecule has 0 saturated carbocycles. The van der Waals surface area contributed by atoms with Gasteiger partial charge in [0, 0.05) is 6.42 Å². The molecule has 0 aliphatic heterocycles. The van der Waals surface area contributed by atoms with Gasteiger partial charge in [0.25, 0.3) is 0 Å². The quantitative estimate of drug-likeness (QED) is 0.466. The Kier molecular flexibility index (Phi) is 6.82. The van der Waals surface area contributed by atoms with Crippen LogP contribution in [-0.2, 0) is 19.8 Å². The zero-order valence-electron chi connectivity index (χ0n) is 16.9. The highest BCUT2D eigenvalue weighted by molar-refractivity contribution is 5.90. The van der Waals surface area contributed by atoms with E-state index in [0.29, 0.717) is 0 Å². The van der Waals surface area contributed by atoms with Gasteiger partial charge in [-0.25, -0.2) is 0 Å². The summed E-state index contributed by atoms with van der Waals surface area (Å²) in [6.45, 7) is 0. The Hall–Kier alpha value is -3.93. The molecular weight excluding hydrogens is 392 g/mol. The number of nitrogens with one attached hydrogen (secondary N) is 1. The smallest absolute Gasteiger partial charge is 0.305 e. The van der Waals surface area contributed by atoms with Gasteiger partial charge in [-0.15, -0.1) is 0 Å². The number of primary amides is 1. The van der Waals surface area contributed by atoms with Crippen molar-refractivity contribution in [3.8, 4) is 0 Å². The molecule has 0 heterocycles. The van der Waals surface area contributed by atoms with Crippen LogP contribution in [0, 0.1) is 0 Å². The van der Waals surface area contributed by atoms with Gasteiger partial charge in [-0.05, 0) is 16.7 Å². The van der Waals surface area contributed by atoms with E-state index in [1.54, 1.807) is 0 Å². The average molecular weight is 416 g/mol. The number of carboxylic acid groups (broad SMARTS) is 1. The molecule has 6 nitrogen and oxygen atoms in total. The van der Waals surface area contributed by atoms with Crippen molar-refractivity contribution in [2.24, 2.45) is 5.73 Å². The van der Waals surface area contributed by atoms with E-state index in [4.69, 9.17) is 10.8 Å². The van der Waals surface area contributed by atoms with Crippen LogP contribution in [0.5, 0.6) is 0 Å². The third-order valence-electron chi connectivity index (χ3n) is 5.28. The number of aliphatic carboxylic acids is 1. The molecule has 6 heteroatoms. The summed E-state index contributed by atoms with van der Waals surface area (Å²) in [6.07, 6.45) is -0.607. The van der Waals surface area contributed by atoms with Crippen LogP contribution in [0.3, 0.4) is 0 Å². The number of carbonyl (C=O) groups is 3. The highest BCUT2D eigenvalue weighted by atomic mass is 16.4. The number of carboxylic acids is 1. The van der Waals surface area contributed by atoms with Gasteiger partial charge in [-0.1, -0.05) is 91.0 Å². The molecule has 1 atom stereocenters. The van der Waals surface area contributed by atoms with Crippen molar-refractivity contribution in [3.63, 3.8) is 0 Å². The summed E-state index contributed by atoms with van der Waals surface area (Å²) in [5.74, 6) is -2.58. The van der Waals surface area contributed by atoms with Crippen LogP contribution < -0.4 is 11.1 Å². The lowest BCUT2D eigenvalue weighted by atomic mass is 9.67. The summed E-state index contributed by atoms with van der Waals surface area (Å²) in [7, 11) is 0. The van der Waals surface area contributed by atoms with Crippen LogP contribution in [-0.4, -0.2) is 28.9 Å². The van der Waals surface area contributed by atoms with Crippen LogP contribution in [0.1, 0.15) is 29.5 Å². The van der Waals surface area contributed by atoms with Crippen LogP contribution in [0.4, 0.5) is 0 Å². The Morgan fingerprint density at radius 3 is 1.48 bits per heavy atom. The van der Waals surface area contributed by atoms with Gasteiger partial charge in [0.2, 0.25) is 11.8 Å². The van der Waals surface area contributed by atoms with Crippen LogP contribution in [0.15, 0.2) is 91.0 Å². The molecule has 0 radical (unpaired) electrons. The van der Waals surface area contributed by atoms with Crippen LogP contribution in [0.2, 0.25) is 0 Å². The maximum absolute atomic E-state index is 13.2. The molecule has 3 aromatic rings. The Labute approximate surface area is 180 Å². The van der Waals surface area contributed by atoms with E-state index in [1.807, 2.05) is 91.0 Å². The van der Waals surface area contributed by atoms with Crippen molar-refractivity contribution in [2.45, 2.75) is 24.3 Å². The van der Waals surface area contributed by atoms with Crippen LogP contribution >= 0.6 is 0 Å². The summed E-state index contributed by atoms with van der Waals surface area (Å²) in [5.41, 5.74) is 7.16. The van der Waals surface area contributed by atoms with E-state index in [9.17, 15) is 14.4 Å². The van der Waals surface area contributed by atoms with Crippen molar-refractivity contribution in [3.05, 3.63) is 108 Å². The van der Waals surface area contributed by atoms with E-state index >= 15 is 0 Å². The van der Waals surface area contributed by atoms with E-state index in [1.165, 1.54) is 0 Å². The molecule has 0 aliphatic rings. The Morgan fingerprint density at radius 1 is 0.774 bits per heavy atom. The van der Waals surface area contributed by atoms with E-state index < -0.39 is 35.7 Å². The Bertz CT molecular complexity index is 940. The predicted molar refractivity (Wildman–Crippen MR) is 117 cm³/mol. The zero-order chi connectivity index (χ0) is 22.3. The van der Waals surface area contributed by atoms with Crippen molar-refractivity contribution in [1.82, 2.24) is 5.32 Å². The first kappa shape index (κ1) is 21.8. The van der Waals surface area contributed by atoms with Crippen molar-refractivity contribution < 1.29 is 19.5 Å². The van der Waals surface area contributed by atoms with Crippen molar-refractivity contribution in [2.75, 3.05) is 0 Å². The SMILES string of the molecule is NC(=O)[C@H](CC(=O)O)NC(=O)CC(c1ccccc1)(c1ccccc1)c1ccccc1. The average Bonchev–Trinajstić information content (AvgIpc) is 2.78. The van der Waals surface area contributed by atoms with Crippen molar-refractivity contribution >= 4 is 17.8 Å². The lowest BCUT2D eigenvalue weighted by Crippen LogP contribution is -2.47. The van der Waals surface area contributed by atoms with Gasteiger partial charge >= 0.3 is 5.97 Å². The number of hydrogen-bond acceptors (Lipinski definition) is 3. The van der Waals surface area contributed by atoms with E-state index in [2.05, 4.69) is 5.32 Å². The topological polar surface area (TPSA) is 109 Å².